The van der Waals surface area contributed by atoms with E-state index in [-0.39, 0.29) is 10.6 Å². The molecule has 0 radical (unpaired) electrons. The van der Waals surface area contributed by atoms with E-state index in [9.17, 15) is 10.1 Å². The molecular weight excluding hydrogens is 368 g/mol. The Labute approximate surface area is 169 Å². The number of aromatic nitrogens is 2. The average Bonchev–Trinajstić information content (AvgIpc) is 2.89. The van der Waals surface area contributed by atoms with Crippen LogP contribution in [0.1, 0.15) is 35.2 Å². The molecule has 0 bridgehead atoms. The Morgan fingerprint density at radius 2 is 2.10 bits per heavy atom. The highest BCUT2D eigenvalue weighted by Crippen LogP contribution is 2.32. The molecule has 2 heterocycles. The van der Waals surface area contributed by atoms with Crippen molar-refractivity contribution < 1.29 is 9.66 Å². The van der Waals surface area contributed by atoms with Gasteiger partial charge in [-0.25, -0.2) is 4.68 Å². The molecule has 0 spiro atoms. The van der Waals surface area contributed by atoms with Crippen molar-refractivity contribution in [2.45, 2.75) is 32.6 Å². The van der Waals surface area contributed by atoms with Crippen LogP contribution in [0.2, 0.25) is 0 Å². The van der Waals surface area contributed by atoms with E-state index >= 15 is 0 Å². The highest BCUT2D eigenvalue weighted by Gasteiger charge is 2.22. The van der Waals surface area contributed by atoms with Crippen molar-refractivity contribution in [3.8, 4) is 11.4 Å². The highest BCUT2D eigenvalue weighted by molar-refractivity contribution is 5.58. The number of aryl methyl sites for hydroxylation is 1. The third-order valence-corrected chi connectivity index (χ3v) is 5.35. The molecule has 0 fully saturated rings. The van der Waals surface area contributed by atoms with E-state index < -0.39 is 0 Å². The van der Waals surface area contributed by atoms with E-state index in [4.69, 9.17) is 9.84 Å². The highest BCUT2D eigenvalue weighted by atomic mass is 16.6. The Morgan fingerprint density at radius 1 is 1.24 bits per heavy atom. The van der Waals surface area contributed by atoms with Crippen LogP contribution in [0.4, 0.5) is 11.5 Å². The van der Waals surface area contributed by atoms with Gasteiger partial charge in [-0.2, -0.15) is 5.10 Å². The average molecular weight is 392 g/mol. The first-order valence-corrected chi connectivity index (χ1v) is 9.80. The number of nitro benzene ring substituents is 1. The van der Waals surface area contributed by atoms with Crippen molar-refractivity contribution >= 4 is 11.5 Å². The Kier molecular flexibility index (Phi) is 5.20. The van der Waals surface area contributed by atoms with Crippen molar-refractivity contribution in [1.82, 2.24) is 9.78 Å². The number of benzene rings is 2. The van der Waals surface area contributed by atoms with E-state index in [0.717, 1.165) is 59.9 Å². The van der Waals surface area contributed by atoms with Gasteiger partial charge in [-0.05, 0) is 49.4 Å². The van der Waals surface area contributed by atoms with Gasteiger partial charge in [-0.15, -0.1) is 0 Å². The summed E-state index contributed by atoms with van der Waals surface area (Å²) in [7, 11) is 1.66. The second kappa shape index (κ2) is 7.95. The smallest absolute Gasteiger partial charge is 0.271 e. The van der Waals surface area contributed by atoms with E-state index in [1.807, 2.05) is 29.8 Å². The lowest BCUT2D eigenvalue weighted by molar-refractivity contribution is -0.384. The minimum Gasteiger partial charge on any atom is -0.497 e. The van der Waals surface area contributed by atoms with Gasteiger partial charge in [0.1, 0.15) is 11.6 Å². The summed E-state index contributed by atoms with van der Waals surface area (Å²) in [6.07, 6.45) is 3.80. The summed E-state index contributed by atoms with van der Waals surface area (Å²) >= 11 is 0. The molecule has 1 aliphatic rings. The summed E-state index contributed by atoms with van der Waals surface area (Å²) in [4.78, 5) is 10.9. The summed E-state index contributed by atoms with van der Waals surface area (Å²) in [6.45, 7) is 2.82. The van der Waals surface area contributed by atoms with Gasteiger partial charge < -0.3 is 10.1 Å². The summed E-state index contributed by atoms with van der Waals surface area (Å²) in [5.74, 6) is 1.77. The zero-order valence-electron chi connectivity index (χ0n) is 16.6. The summed E-state index contributed by atoms with van der Waals surface area (Å²) in [5.41, 5.74) is 5.06. The number of hydrogen-bond acceptors (Lipinski definition) is 5. The number of methoxy groups -OCH3 is 1. The van der Waals surface area contributed by atoms with Crippen LogP contribution in [-0.2, 0) is 12.8 Å². The monoisotopic (exact) mass is 392 g/mol. The molecule has 7 nitrogen and oxygen atoms in total. The van der Waals surface area contributed by atoms with Gasteiger partial charge in [-0.3, -0.25) is 10.1 Å². The molecule has 1 aromatic heterocycles. The quantitative estimate of drug-likeness (QED) is 0.513. The molecule has 7 heteroatoms. The Bertz CT molecular complexity index is 1060. The molecular formula is C22H24N4O3. The predicted octanol–water partition coefficient (Wildman–Crippen LogP) is 4.44. The van der Waals surface area contributed by atoms with E-state index in [2.05, 4.69) is 11.4 Å². The van der Waals surface area contributed by atoms with Crippen LogP contribution in [0.3, 0.4) is 0 Å². The number of ether oxygens (including phenoxy) is 1. The lowest BCUT2D eigenvalue weighted by Crippen LogP contribution is -2.08. The molecule has 150 valence electrons. The minimum absolute atomic E-state index is 0.0674. The molecule has 1 aliphatic heterocycles. The van der Waals surface area contributed by atoms with Crippen LogP contribution >= 0.6 is 0 Å². The lowest BCUT2D eigenvalue weighted by atomic mass is 10.0. The maximum atomic E-state index is 11.3. The normalized spacial score (nSPS) is 13.3. The number of hydrogen-bond donors (Lipinski definition) is 1. The number of rotatable bonds is 5. The van der Waals surface area contributed by atoms with Gasteiger partial charge >= 0.3 is 0 Å². The van der Waals surface area contributed by atoms with E-state index in [0.29, 0.717) is 6.42 Å². The fourth-order valence-corrected chi connectivity index (χ4v) is 3.81. The topological polar surface area (TPSA) is 82.2 Å². The standard InChI is InChI=1S/C22H24N4O3/c1-15-9-10-17(26(27)28)14-21(15)25-22-19(8-3-4-11-23-22)20(24-25)13-16-6-5-7-18(12-16)29-2/h5-7,9-10,12,14,23H,3-4,8,11,13H2,1-2H3. The van der Waals surface area contributed by atoms with Gasteiger partial charge in [0.05, 0.1) is 23.4 Å². The summed E-state index contributed by atoms with van der Waals surface area (Å²) < 4.78 is 7.19. The lowest BCUT2D eigenvalue weighted by Gasteiger charge is -2.11. The Balaban J connectivity index is 1.81. The van der Waals surface area contributed by atoms with Crippen LogP contribution in [-0.4, -0.2) is 28.4 Å². The van der Waals surface area contributed by atoms with E-state index in [1.165, 1.54) is 11.6 Å². The van der Waals surface area contributed by atoms with Gasteiger partial charge in [0.2, 0.25) is 0 Å². The molecule has 29 heavy (non-hydrogen) atoms. The van der Waals surface area contributed by atoms with Crippen LogP contribution in [0.15, 0.2) is 42.5 Å². The van der Waals surface area contributed by atoms with E-state index in [1.54, 1.807) is 19.2 Å². The number of fused-ring (bicyclic) bond motifs is 1. The molecule has 0 saturated heterocycles. The molecule has 4 rings (SSSR count). The summed E-state index contributed by atoms with van der Waals surface area (Å²) in [6, 6.07) is 12.9. The molecule has 0 aliphatic carbocycles. The van der Waals surface area contributed by atoms with Crippen molar-refractivity contribution in [2.24, 2.45) is 0 Å². The molecule has 2 aromatic carbocycles. The molecule has 3 aromatic rings. The number of non-ortho nitro benzene ring substituents is 1. The molecule has 0 unspecified atom stereocenters. The first-order chi connectivity index (χ1) is 14.1. The SMILES string of the molecule is COc1cccc(Cc2nn(-c3cc([N+](=O)[O-])ccc3C)c3c2CCCCN3)c1. The number of nitrogens with zero attached hydrogens (tertiary/aromatic N) is 3. The summed E-state index contributed by atoms with van der Waals surface area (Å²) in [5, 5.41) is 19.7. The van der Waals surface area contributed by atoms with Gasteiger partial charge in [0, 0.05) is 30.7 Å². The number of nitro groups is 1. The van der Waals surface area contributed by atoms with Crippen molar-refractivity contribution in [2.75, 3.05) is 19.0 Å². The van der Waals surface area contributed by atoms with Crippen LogP contribution in [0.5, 0.6) is 5.75 Å². The molecule has 0 amide bonds. The Morgan fingerprint density at radius 3 is 2.90 bits per heavy atom. The maximum absolute atomic E-state index is 11.3. The zero-order valence-corrected chi connectivity index (χ0v) is 16.6. The van der Waals surface area contributed by atoms with Gasteiger partial charge in [0.15, 0.2) is 0 Å². The fraction of sp³-hybridized carbons (Fsp3) is 0.318. The van der Waals surface area contributed by atoms with Gasteiger partial charge in [-0.1, -0.05) is 18.2 Å². The molecule has 1 N–H and O–H groups in total. The predicted molar refractivity (Wildman–Crippen MR) is 112 cm³/mol. The van der Waals surface area contributed by atoms with Crippen molar-refractivity contribution in [3.63, 3.8) is 0 Å². The second-order valence-corrected chi connectivity index (χ2v) is 7.33. The van der Waals surface area contributed by atoms with Crippen LogP contribution < -0.4 is 10.1 Å². The second-order valence-electron chi connectivity index (χ2n) is 7.33. The first-order valence-electron chi connectivity index (χ1n) is 9.80. The largest absolute Gasteiger partial charge is 0.497 e. The van der Waals surface area contributed by atoms with Crippen LogP contribution in [0.25, 0.3) is 5.69 Å². The zero-order chi connectivity index (χ0) is 20.4. The molecule has 0 atom stereocenters. The third-order valence-electron chi connectivity index (χ3n) is 5.35. The maximum Gasteiger partial charge on any atom is 0.271 e. The van der Waals surface area contributed by atoms with Crippen molar-refractivity contribution in [3.05, 3.63) is 75.0 Å². The third kappa shape index (κ3) is 3.81. The van der Waals surface area contributed by atoms with Crippen molar-refractivity contribution in [1.29, 1.82) is 0 Å². The number of nitrogens with one attached hydrogen (secondary N) is 1. The molecule has 0 saturated carbocycles. The number of anilines is 1. The van der Waals surface area contributed by atoms with Crippen LogP contribution in [0, 0.1) is 17.0 Å². The fourth-order valence-electron chi connectivity index (χ4n) is 3.81. The first kappa shape index (κ1) is 19.0. The minimum atomic E-state index is -0.365. The van der Waals surface area contributed by atoms with Gasteiger partial charge in [0.25, 0.3) is 5.69 Å². The Hall–Kier alpha value is -3.35.